The van der Waals surface area contributed by atoms with Crippen LogP contribution in [0, 0.1) is 13.8 Å². The summed E-state index contributed by atoms with van der Waals surface area (Å²) in [7, 11) is 0. The van der Waals surface area contributed by atoms with Gasteiger partial charge in [0.2, 0.25) is 0 Å². The van der Waals surface area contributed by atoms with Crippen molar-refractivity contribution in [2.45, 2.75) is 32.9 Å². The fourth-order valence-corrected chi connectivity index (χ4v) is 3.68. The lowest BCUT2D eigenvalue weighted by molar-refractivity contribution is -0.137. The van der Waals surface area contributed by atoms with E-state index in [0.29, 0.717) is 11.3 Å². The predicted octanol–water partition coefficient (Wildman–Crippen LogP) is 5.05. The van der Waals surface area contributed by atoms with Crippen molar-refractivity contribution in [2.24, 2.45) is 0 Å². The first-order valence-electron chi connectivity index (χ1n) is 9.30. The first-order valence-corrected chi connectivity index (χ1v) is 9.71. The lowest BCUT2D eigenvalue weighted by Crippen LogP contribution is -2.35. The van der Waals surface area contributed by atoms with Crippen molar-refractivity contribution >= 4 is 34.6 Å². The molecule has 1 aliphatic rings. The maximum Gasteiger partial charge on any atom is 0.416 e. The summed E-state index contributed by atoms with van der Waals surface area (Å²) in [5, 5.41) is 5.30. The third kappa shape index (κ3) is 5.26. The van der Waals surface area contributed by atoms with Gasteiger partial charge >= 0.3 is 6.18 Å². The van der Waals surface area contributed by atoms with Gasteiger partial charge in [0, 0.05) is 18.7 Å². The number of rotatable bonds is 3. The van der Waals surface area contributed by atoms with Crippen molar-refractivity contribution in [2.75, 3.05) is 23.3 Å². The molecule has 0 atom stereocenters. The van der Waals surface area contributed by atoms with Crippen molar-refractivity contribution in [1.82, 2.24) is 5.32 Å². The molecule has 2 aromatic rings. The number of halogens is 3. The Morgan fingerprint density at radius 3 is 2.24 bits per heavy atom. The van der Waals surface area contributed by atoms with Crippen LogP contribution in [0.5, 0.6) is 0 Å². The minimum Gasteiger partial charge on any atom is -0.370 e. The minimum absolute atomic E-state index is 0.0473. The molecular formula is C21H22F3N3OS. The van der Waals surface area contributed by atoms with Gasteiger partial charge in [-0.25, -0.2) is 0 Å². The number of carbonyl (C=O) groups excluding carboxylic acids is 1. The molecule has 29 heavy (non-hydrogen) atoms. The van der Waals surface area contributed by atoms with Crippen LogP contribution < -0.4 is 15.5 Å². The van der Waals surface area contributed by atoms with Crippen molar-refractivity contribution in [1.29, 1.82) is 0 Å². The van der Waals surface area contributed by atoms with E-state index >= 15 is 0 Å². The van der Waals surface area contributed by atoms with Crippen LogP contribution in [0.1, 0.15) is 39.9 Å². The number of hydrogen-bond donors (Lipinski definition) is 2. The molecule has 154 valence electrons. The number of anilines is 2. The van der Waals surface area contributed by atoms with Gasteiger partial charge in [-0.15, -0.1) is 0 Å². The van der Waals surface area contributed by atoms with Gasteiger partial charge in [-0.3, -0.25) is 10.1 Å². The molecule has 0 unspecified atom stereocenters. The molecule has 3 rings (SSSR count). The van der Waals surface area contributed by atoms with E-state index in [4.69, 9.17) is 12.2 Å². The van der Waals surface area contributed by atoms with Crippen LogP contribution in [-0.4, -0.2) is 24.1 Å². The fraction of sp³-hybridized carbons (Fsp3) is 0.333. The molecule has 0 saturated carbocycles. The Labute approximate surface area is 173 Å². The molecule has 2 aromatic carbocycles. The Balaban J connectivity index is 1.81. The largest absolute Gasteiger partial charge is 0.416 e. The van der Waals surface area contributed by atoms with E-state index in [1.807, 2.05) is 24.8 Å². The molecule has 1 fully saturated rings. The van der Waals surface area contributed by atoms with E-state index in [9.17, 15) is 18.0 Å². The standard InChI is InChI=1S/C21H22F3N3OS/c1-13-9-14(2)11-15(10-13)19(28)26-20(29)25-17-12-16(21(22,23)24)5-6-18(17)27-7-3-4-8-27/h5-6,9-12H,3-4,7-8H2,1-2H3,(H2,25,26,28,29). The zero-order valence-corrected chi connectivity index (χ0v) is 17.0. The van der Waals surface area contributed by atoms with Crippen LogP contribution in [0.4, 0.5) is 24.5 Å². The van der Waals surface area contributed by atoms with Gasteiger partial charge in [0.15, 0.2) is 5.11 Å². The normalized spacial score (nSPS) is 14.0. The molecule has 1 heterocycles. The highest BCUT2D eigenvalue weighted by atomic mass is 32.1. The molecule has 0 radical (unpaired) electrons. The number of thiocarbonyl (C=S) groups is 1. The van der Waals surface area contributed by atoms with Crippen LogP contribution in [0.15, 0.2) is 36.4 Å². The summed E-state index contributed by atoms with van der Waals surface area (Å²) in [6, 6.07) is 8.94. The summed E-state index contributed by atoms with van der Waals surface area (Å²) in [5.74, 6) is -0.413. The number of hydrogen-bond acceptors (Lipinski definition) is 3. The summed E-state index contributed by atoms with van der Waals surface area (Å²) in [4.78, 5) is 14.5. The Hall–Kier alpha value is -2.61. The van der Waals surface area contributed by atoms with Crippen LogP contribution in [0.3, 0.4) is 0 Å². The SMILES string of the molecule is Cc1cc(C)cc(C(=O)NC(=S)Nc2cc(C(F)(F)F)ccc2N2CCCC2)c1. The molecule has 1 aliphatic heterocycles. The summed E-state index contributed by atoms with van der Waals surface area (Å²) in [5.41, 5.74) is 2.40. The molecule has 0 aliphatic carbocycles. The highest BCUT2D eigenvalue weighted by molar-refractivity contribution is 7.80. The number of benzene rings is 2. The van der Waals surface area contributed by atoms with E-state index in [2.05, 4.69) is 10.6 Å². The summed E-state index contributed by atoms with van der Waals surface area (Å²) in [6.45, 7) is 5.29. The molecule has 0 bridgehead atoms. The average Bonchev–Trinajstić information content (AvgIpc) is 3.14. The third-order valence-corrected chi connectivity index (χ3v) is 4.93. The second-order valence-corrected chi connectivity index (χ2v) is 7.62. The van der Waals surface area contributed by atoms with Gasteiger partial charge in [-0.2, -0.15) is 13.2 Å². The molecule has 1 amide bonds. The van der Waals surface area contributed by atoms with E-state index in [-0.39, 0.29) is 10.8 Å². The fourth-order valence-electron chi connectivity index (χ4n) is 3.48. The first-order chi connectivity index (χ1) is 13.6. The van der Waals surface area contributed by atoms with Gasteiger partial charge in [0.1, 0.15) is 0 Å². The maximum atomic E-state index is 13.2. The van der Waals surface area contributed by atoms with Crippen LogP contribution in [0.25, 0.3) is 0 Å². The van der Waals surface area contributed by atoms with Crippen LogP contribution >= 0.6 is 12.2 Å². The van der Waals surface area contributed by atoms with Crippen LogP contribution in [0.2, 0.25) is 0 Å². The number of aryl methyl sites for hydroxylation is 2. The predicted molar refractivity (Wildman–Crippen MR) is 112 cm³/mol. The molecule has 2 N–H and O–H groups in total. The summed E-state index contributed by atoms with van der Waals surface area (Å²) >= 11 is 5.21. The number of nitrogens with one attached hydrogen (secondary N) is 2. The Kier molecular flexibility index (Phi) is 6.12. The van der Waals surface area contributed by atoms with E-state index < -0.39 is 17.6 Å². The van der Waals surface area contributed by atoms with Crippen molar-refractivity contribution < 1.29 is 18.0 Å². The van der Waals surface area contributed by atoms with Gasteiger partial charge in [0.25, 0.3) is 5.91 Å². The second kappa shape index (κ2) is 8.41. The molecule has 0 aromatic heterocycles. The van der Waals surface area contributed by atoms with Crippen LogP contribution in [-0.2, 0) is 6.18 Å². The van der Waals surface area contributed by atoms with E-state index in [0.717, 1.165) is 49.2 Å². The van der Waals surface area contributed by atoms with E-state index in [1.54, 1.807) is 12.1 Å². The Bertz CT molecular complexity index is 917. The quantitative estimate of drug-likeness (QED) is 0.681. The average molecular weight is 421 g/mol. The van der Waals surface area contributed by atoms with Gasteiger partial charge in [0.05, 0.1) is 16.9 Å². The van der Waals surface area contributed by atoms with Crippen molar-refractivity contribution in [3.05, 3.63) is 58.7 Å². The lowest BCUT2D eigenvalue weighted by Gasteiger charge is -2.23. The zero-order chi connectivity index (χ0) is 21.2. The Morgan fingerprint density at radius 2 is 1.66 bits per heavy atom. The minimum atomic E-state index is -4.47. The van der Waals surface area contributed by atoms with Crippen molar-refractivity contribution in [3.8, 4) is 0 Å². The second-order valence-electron chi connectivity index (χ2n) is 7.21. The number of nitrogens with zero attached hydrogens (tertiary/aromatic N) is 1. The highest BCUT2D eigenvalue weighted by Gasteiger charge is 2.32. The maximum absolute atomic E-state index is 13.2. The van der Waals surface area contributed by atoms with Gasteiger partial charge < -0.3 is 10.2 Å². The third-order valence-electron chi connectivity index (χ3n) is 4.73. The monoisotopic (exact) mass is 421 g/mol. The molecule has 8 heteroatoms. The van der Waals surface area contributed by atoms with Gasteiger partial charge in [-0.1, -0.05) is 17.2 Å². The summed E-state index contributed by atoms with van der Waals surface area (Å²) < 4.78 is 39.5. The van der Waals surface area contributed by atoms with Gasteiger partial charge in [-0.05, 0) is 69.2 Å². The molecular weight excluding hydrogens is 399 g/mol. The molecule has 4 nitrogen and oxygen atoms in total. The van der Waals surface area contributed by atoms with Crippen molar-refractivity contribution in [3.63, 3.8) is 0 Å². The lowest BCUT2D eigenvalue weighted by atomic mass is 10.1. The van der Waals surface area contributed by atoms with E-state index in [1.165, 1.54) is 6.07 Å². The number of alkyl halides is 3. The first kappa shape index (κ1) is 21.1. The molecule has 1 saturated heterocycles. The summed E-state index contributed by atoms with van der Waals surface area (Å²) in [6.07, 6.45) is -2.51. The Morgan fingerprint density at radius 1 is 1.03 bits per heavy atom. The number of amides is 1. The zero-order valence-electron chi connectivity index (χ0n) is 16.2. The molecule has 0 spiro atoms. The topological polar surface area (TPSA) is 44.4 Å². The smallest absolute Gasteiger partial charge is 0.370 e. The number of carbonyl (C=O) groups is 1. The highest BCUT2D eigenvalue weighted by Crippen LogP contribution is 2.36.